The Morgan fingerprint density at radius 2 is 1.58 bits per heavy atom. The van der Waals surface area contributed by atoms with Gasteiger partial charge in [0.25, 0.3) is 0 Å². The number of ether oxygens (including phenoxy) is 1. The maximum atomic E-state index is 5.82. The second kappa shape index (κ2) is 7.44. The molecule has 2 aromatic carbocycles. The normalized spacial score (nSPS) is 13.7. The Bertz CT molecular complexity index is 859. The van der Waals surface area contributed by atoms with Gasteiger partial charge in [-0.15, -0.1) is 0 Å². The van der Waals surface area contributed by atoms with Crippen LogP contribution in [0.1, 0.15) is 18.5 Å². The fourth-order valence-corrected chi connectivity index (χ4v) is 3.08. The van der Waals surface area contributed by atoms with E-state index < -0.39 is 0 Å². The molecule has 1 aliphatic rings. The molecule has 0 saturated carbocycles. The van der Waals surface area contributed by atoms with E-state index in [9.17, 15) is 0 Å². The van der Waals surface area contributed by atoms with Gasteiger partial charge in [-0.25, -0.2) is 4.98 Å². The maximum absolute atomic E-state index is 5.82. The molecule has 0 radical (unpaired) electrons. The Balaban J connectivity index is 1.47. The van der Waals surface area contributed by atoms with Crippen molar-refractivity contribution in [3.8, 4) is 11.5 Å². The van der Waals surface area contributed by atoms with Gasteiger partial charge in [0.15, 0.2) is 0 Å². The van der Waals surface area contributed by atoms with Crippen LogP contribution in [0, 0.1) is 6.92 Å². The van der Waals surface area contributed by atoms with Crippen LogP contribution in [0.15, 0.2) is 60.7 Å². The number of nitrogens with one attached hydrogen (secondary N) is 1. The van der Waals surface area contributed by atoms with Crippen LogP contribution in [-0.4, -0.2) is 23.1 Å². The summed E-state index contributed by atoms with van der Waals surface area (Å²) in [6, 6.07) is 19.6. The topological polar surface area (TPSA) is 50.3 Å². The Labute approximate surface area is 153 Å². The Morgan fingerprint density at radius 3 is 2.31 bits per heavy atom. The van der Waals surface area contributed by atoms with E-state index in [1.807, 2.05) is 67.6 Å². The number of benzene rings is 2. The average molecular weight is 346 g/mol. The smallest absolute Gasteiger partial charge is 0.229 e. The molecule has 1 fully saturated rings. The van der Waals surface area contributed by atoms with Crippen molar-refractivity contribution in [1.82, 2.24) is 9.97 Å². The Morgan fingerprint density at radius 1 is 0.885 bits per heavy atom. The van der Waals surface area contributed by atoms with Crippen molar-refractivity contribution in [2.75, 3.05) is 23.3 Å². The summed E-state index contributed by atoms with van der Waals surface area (Å²) >= 11 is 0. The number of anilines is 3. The van der Waals surface area contributed by atoms with Gasteiger partial charge in [-0.2, -0.15) is 4.98 Å². The van der Waals surface area contributed by atoms with Crippen LogP contribution >= 0.6 is 0 Å². The van der Waals surface area contributed by atoms with Gasteiger partial charge in [0.05, 0.1) is 0 Å². The van der Waals surface area contributed by atoms with Crippen LogP contribution in [0.2, 0.25) is 0 Å². The highest BCUT2D eigenvalue weighted by molar-refractivity contribution is 5.57. The van der Waals surface area contributed by atoms with Crippen LogP contribution in [0.5, 0.6) is 11.5 Å². The zero-order chi connectivity index (χ0) is 17.8. The number of aryl methyl sites for hydroxylation is 1. The van der Waals surface area contributed by atoms with Crippen molar-refractivity contribution in [3.63, 3.8) is 0 Å². The van der Waals surface area contributed by atoms with Crippen molar-refractivity contribution >= 4 is 17.5 Å². The third kappa shape index (κ3) is 3.94. The van der Waals surface area contributed by atoms with E-state index in [-0.39, 0.29) is 0 Å². The number of rotatable bonds is 5. The van der Waals surface area contributed by atoms with Crippen molar-refractivity contribution in [3.05, 3.63) is 66.4 Å². The van der Waals surface area contributed by atoms with Crippen LogP contribution in [-0.2, 0) is 0 Å². The first kappa shape index (κ1) is 16.4. The highest BCUT2D eigenvalue weighted by Gasteiger charge is 2.15. The molecular weight excluding hydrogens is 324 g/mol. The van der Waals surface area contributed by atoms with E-state index >= 15 is 0 Å². The predicted molar refractivity (Wildman–Crippen MR) is 104 cm³/mol. The Kier molecular flexibility index (Phi) is 4.69. The summed E-state index contributed by atoms with van der Waals surface area (Å²) in [5, 5.41) is 3.30. The minimum absolute atomic E-state index is 0.628. The van der Waals surface area contributed by atoms with E-state index in [1.54, 1.807) is 0 Å². The highest BCUT2D eigenvalue weighted by Crippen LogP contribution is 2.25. The fourth-order valence-electron chi connectivity index (χ4n) is 3.08. The van der Waals surface area contributed by atoms with Crippen molar-refractivity contribution in [2.24, 2.45) is 0 Å². The Hall–Kier alpha value is -3.08. The van der Waals surface area contributed by atoms with E-state index in [1.165, 1.54) is 12.8 Å². The van der Waals surface area contributed by atoms with Gasteiger partial charge in [-0.05, 0) is 56.2 Å². The van der Waals surface area contributed by atoms with Gasteiger partial charge < -0.3 is 15.0 Å². The molecule has 0 unspecified atom stereocenters. The van der Waals surface area contributed by atoms with E-state index in [2.05, 4.69) is 20.2 Å². The summed E-state index contributed by atoms with van der Waals surface area (Å²) in [7, 11) is 0. The molecule has 0 bridgehead atoms. The number of hydrogen-bond acceptors (Lipinski definition) is 5. The van der Waals surface area contributed by atoms with Gasteiger partial charge in [0.2, 0.25) is 5.95 Å². The van der Waals surface area contributed by atoms with Crippen molar-refractivity contribution in [1.29, 1.82) is 0 Å². The molecule has 1 saturated heterocycles. The molecule has 1 aromatic heterocycles. The summed E-state index contributed by atoms with van der Waals surface area (Å²) in [6.07, 6.45) is 2.46. The molecule has 0 atom stereocenters. The lowest BCUT2D eigenvalue weighted by Crippen LogP contribution is -2.19. The third-order valence-electron chi connectivity index (χ3n) is 4.36. The van der Waals surface area contributed by atoms with Crippen LogP contribution in [0.4, 0.5) is 17.5 Å². The number of para-hydroxylation sites is 1. The molecular formula is C21H22N4O. The van der Waals surface area contributed by atoms with Crippen LogP contribution in [0.25, 0.3) is 0 Å². The van der Waals surface area contributed by atoms with Gasteiger partial charge in [-0.1, -0.05) is 18.2 Å². The number of hydrogen-bond donors (Lipinski definition) is 1. The first-order chi connectivity index (χ1) is 12.8. The van der Waals surface area contributed by atoms with Crippen LogP contribution in [0.3, 0.4) is 0 Å². The molecule has 5 heteroatoms. The van der Waals surface area contributed by atoms with Crippen molar-refractivity contribution < 1.29 is 4.74 Å². The number of nitrogens with zero attached hydrogens (tertiary/aromatic N) is 3. The summed E-state index contributed by atoms with van der Waals surface area (Å²) < 4.78 is 5.82. The first-order valence-corrected chi connectivity index (χ1v) is 8.97. The molecule has 26 heavy (non-hydrogen) atoms. The second-order valence-corrected chi connectivity index (χ2v) is 6.45. The zero-order valence-electron chi connectivity index (χ0n) is 14.9. The monoisotopic (exact) mass is 346 g/mol. The molecule has 132 valence electrons. The molecule has 4 rings (SSSR count). The molecule has 0 aliphatic carbocycles. The highest BCUT2D eigenvalue weighted by atomic mass is 16.5. The first-order valence-electron chi connectivity index (χ1n) is 8.97. The van der Waals surface area contributed by atoms with Gasteiger partial charge in [-0.3, -0.25) is 0 Å². The van der Waals surface area contributed by atoms with E-state index in [0.29, 0.717) is 5.95 Å². The summed E-state index contributed by atoms with van der Waals surface area (Å²) in [6.45, 7) is 4.14. The maximum Gasteiger partial charge on any atom is 0.229 e. The minimum Gasteiger partial charge on any atom is -0.457 e. The molecule has 2 heterocycles. The minimum atomic E-state index is 0.628. The quantitative estimate of drug-likeness (QED) is 0.710. The summed E-state index contributed by atoms with van der Waals surface area (Å²) in [5.74, 6) is 3.25. The molecule has 1 N–H and O–H groups in total. The molecule has 0 spiro atoms. The number of aromatic nitrogens is 2. The molecule has 1 aliphatic heterocycles. The lowest BCUT2D eigenvalue weighted by molar-refractivity contribution is 0.483. The van der Waals surface area contributed by atoms with Gasteiger partial charge in [0, 0.05) is 30.5 Å². The summed E-state index contributed by atoms with van der Waals surface area (Å²) in [4.78, 5) is 11.5. The van der Waals surface area contributed by atoms with E-state index in [0.717, 1.165) is 41.8 Å². The molecule has 0 amide bonds. The SMILES string of the molecule is Cc1cc(N2CCCC2)nc(Nc2ccc(Oc3ccccc3)cc2)n1. The standard InChI is InChI=1S/C21H22N4O/c1-16-15-20(25-13-5-6-14-25)24-21(22-16)23-17-9-11-19(12-10-17)26-18-7-3-2-4-8-18/h2-4,7-12,15H,5-6,13-14H2,1H3,(H,22,23,24). The van der Waals surface area contributed by atoms with Gasteiger partial charge >= 0.3 is 0 Å². The summed E-state index contributed by atoms with van der Waals surface area (Å²) in [5.41, 5.74) is 1.90. The second-order valence-electron chi connectivity index (χ2n) is 6.45. The van der Waals surface area contributed by atoms with Crippen molar-refractivity contribution in [2.45, 2.75) is 19.8 Å². The predicted octanol–water partition coefficient (Wildman–Crippen LogP) is 4.92. The average Bonchev–Trinajstić information content (AvgIpc) is 3.19. The fraction of sp³-hybridized carbons (Fsp3) is 0.238. The molecule has 3 aromatic rings. The zero-order valence-corrected chi connectivity index (χ0v) is 14.9. The third-order valence-corrected chi connectivity index (χ3v) is 4.36. The largest absolute Gasteiger partial charge is 0.457 e. The lowest BCUT2D eigenvalue weighted by atomic mass is 10.3. The lowest BCUT2D eigenvalue weighted by Gasteiger charge is -2.17. The van der Waals surface area contributed by atoms with Crippen LogP contribution < -0.4 is 15.0 Å². The van der Waals surface area contributed by atoms with Gasteiger partial charge in [0.1, 0.15) is 17.3 Å². The van der Waals surface area contributed by atoms with E-state index in [4.69, 9.17) is 4.74 Å². The molecule has 5 nitrogen and oxygen atoms in total.